The summed E-state index contributed by atoms with van der Waals surface area (Å²) in [4.78, 5) is 23.4. The molecule has 1 aromatic heterocycles. The largest absolute Gasteiger partial charge is 0.480 e. The maximum atomic E-state index is 11.4. The minimum Gasteiger partial charge on any atom is -0.480 e. The van der Waals surface area contributed by atoms with Crippen molar-refractivity contribution in [2.24, 2.45) is 0 Å². The van der Waals surface area contributed by atoms with Gasteiger partial charge in [-0.05, 0) is 17.0 Å². The van der Waals surface area contributed by atoms with Gasteiger partial charge in [-0.3, -0.25) is 9.59 Å². The molecule has 2 rings (SSSR count). The number of carbonyl (C=O) groups is 2. The fourth-order valence-corrected chi connectivity index (χ4v) is 3.79. The van der Waals surface area contributed by atoms with Crippen LogP contribution in [-0.4, -0.2) is 22.2 Å². The third-order valence-electron chi connectivity index (χ3n) is 2.62. The second-order valence-corrected chi connectivity index (χ2v) is 6.19. The molecule has 0 amide bonds. The summed E-state index contributed by atoms with van der Waals surface area (Å²) in [5, 5.41) is 18.7. The summed E-state index contributed by atoms with van der Waals surface area (Å²) in [6.45, 7) is 0. The maximum absolute atomic E-state index is 11.4. The number of aliphatic carboxylic acids is 2. The highest BCUT2D eigenvalue weighted by Crippen LogP contribution is 2.42. The summed E-state index contributed by atoms with van der Waals surface area (Å²) in [6, 6.07) is 12.1. The molecular formula is C14H12O4S2. The lowest BCUT2D eigenvalue weighted by atomic mass is 10.1. The first kappa shape index (κ1) is 14.6. The van der Waals surface area contributed by atoms with Crippen LogP contribution >= 0.6 is 23.1 Å². The van der Waals surface area contributed by atoms with Gasteiger partial charge < -0.3 is 10.2 Å². The number of carboxylic acid groups (broad SMARTS) is 2. The van der Waals surface area contributed by atoms with E-state index in [2.05, 4.69) is 0 Å². The Morgan fingerprint density at radius 3 is 2.10 bits per heavy atom. The fraction of sp³-hybridized carbons (Fsp3) is 0.143. The molecule has 0 aliphatic carbocycles. The molecule has 2 N–H and O–H groups in total. The molecule has 2 unspecified atom stereocenters. The van der Waals surface area contributed by atoms with E-state index < -0.39 is 22.4 Å². The van der Waals surface area contributed by atoms with E-state index in [1.54, 1.807) is 47.8 Å². The molecular weight excluding hydrogens is 296 g/mol. The molecule has 4 nitrogen and oxygen atoms in total. The van der Waals surface area contributed by atoms with Crippen LogP contribution in [0.3, 0.4) is 0 Å². The van der Waals surface area contributed by atoms with Gasteiger partial charge in [0.25, 0.3) is 0 Å². The summed E-state index contributed by atoms with van der Waals surface area (Å²) in [5.41, 5.74) is 0.591. The first-order valence-corrected chi connectivity index (χ1v) is 7.61. The monoisotopic (exact) mass is 308 g/mol. The predicted octanol–water partition coefficient (Wildman–Crippen LogP) is 3.43. The number of hydrogen-bond donors (Lipinski definition) is 2. The first-order valence-electron chi connectivity index (χ1n) is 5.79. The Labute approximate surface area is 124 Å². The third-order valence-corrected chi connectivity index (χ3v) is 5.18. The van der Waals surface area contributed by atoms with Crippen molar-refractivity contribution in [1.29, 1.82) is 0 Å². The minimum atomic E-state index is -1.04. The Balaban J connectivity index is 2.27. The predicted molar refractivity (Wildman–Crippen MR) is 79.1 cm³/mol. The van der Waals surface area contributed by atoms with Crippen LogP contribution in [-0.2, 0) is 9.59 Å². The van der Waals surface area contributed by atoms with Gasteiger partial charge in [0.05, 0.1) is 0 Å². The summed E-state index contributed by atoms with van der Waals surface area (Å²) >= 11 is 2.24. The van der Waals surface area contributed by atoms with E-state index in [1.807, 2.05) is 0 Å². The quantitative estimate of drug-likeness (QED) is 0.855. The molecule has 1 heterocycles. The summed E-state index contributed by atoms with van der Waals surface area (Å²) in [6.07, 6.45) is 0. The van der Waals surface area contributed by atoms with Crippen LogP contribution in [0.4, 0.5) is 0 Å². The van der Waals surface area contributed by atoms with Crippen molar-refractivity contribution in [3.8, 4) is 0 Å². The molecule has 0 saturated carbocycles. The van der Waals surface area contributed by atoms with Crippen LogP contribution in [0.2, 0.25) is 0 Å². The van der Waals surface area contributed by atoms with E-state index in [0.29, 0.717) is 10.4 Å². The van der Waals surface area contributed by atoms with Crippen molar-refractivity contribution in [2.45, 2.75) is 10.5 Å². The zero-order chi connectivity index (χ0) is 14.5. The zero-order valence-electron chi connectivity index (χ0n) is 10.3. The molecule has 1 aromatic carbocycles. The van der Waals surface area contributed by atoms with Gasteiger partial charge in [-0.15, -0.1) is 23.1 Å². The minimum absolute atomic E-state index is 0.591. The highest BCUT2D eigenvalue weighted by atomic mass is 32.2. The van der Waals surface area contributed by atoms with Gasteiger partial charge in [0.2, 0.25) is 0 Å². The van der Waals surface area contributed by atoms with E-state index in [-0.39, 0.29) is 0 Å². The fourth-order valence-electron chi connectivity index (χ4n) is 1.73. The van der Waals surface area contributed by atoms with E-state index in [9.17, 15) is 19.8 Å². The SMILES string of the molecule is O=C(O)C(SC(C(=O)O)c1cccs1)c1ccccc1. The number of thiophene rings is 1. The first-order chi connectivity index (χ1) is 9.59. The van der Waals surface area contributed by atoms with E-state index in [1.165, 1.54) is 11.3 Å². The highest BCUT2D eigenvalue weighted by molar-refractivity contribution is 8.01. The van der Waals surface area contributed by atoms with Gasteiger partial charge in [-0.25, -0.2) is 0 Å². The Morgan fingerprint density at radius 2 is 1.60 bits per heavy atom. The van der Waals surface area contributed by atoms with E-state index in [4.69, 9.17) is 0 Å². The molecule has 104 valence electrons. The molecule has 0 bridgehead atoms. The lowest BCUT2D eigenvalue weighted by molar-refractivity contribution is -0.136. The molecule has 0 aliphatic rings. The van der Waals surface area contributed by atoms with Crippen LogP contribution in [0.25, 0.3) is 0 Å². The van der Waals surface area contributed by atoms with Crippen LogP contribution in [0.15, 0.2) is 47.8 Å². The van der Waals surface area contributed by atoms with Crippen LogP contribution < -0.4 is 0 Å². The Hall–Kier alpha value is -1.79. The molecule has 0 saturated heterocycles. The maximum Gasteiger partial charge on any atom is 0.322 e. The van der Waals surface area contributed by atoms with Crippen LogP contribution in [0.5, 0.6) is 0 Å². The van der Waals surface area contributed by atoms with Gasteiger partial charge in [0.15, 0.2) is 0 Å². The smallest absolute Gasteiger partial charge is 0.322 e. The van der Waals surface area contributed by atoms with E-state index >= 15 is 0 Å². The number of hydrogen-bond acceptors (Lipinski definition) is 4. The Morgan fingerprint density at radius 1 is 0.950 bits per heavy atom. The third kappa shape index (κ3) is 3.40. The Bertz CT molecular complexity index is 580. The highest BCUT2D eigenvalue weighted by Gasteiger charge is 2.30. The van der Waals surface area contributed by atoms with E-state index in [0.717, 1.165) is 11.8 Å². The molecule has 0 spiro atoms. The second-order valence-electron chi connectivity index (χ2n) is 4.00. The normalized spacial score (nSPS) is 13.6. The van der Waals surface area contributed by atoms with Crippen LogP contribution in [0.1, 0.15) is 20.9 Å². The molecule has 2 atom stereocenters. The molecule has 20 heavy (non-hydrogen) atoms. The topological polar surface area (TPSA) is 74.6 Å². The number of thioether (sulfide) groups is 1. The van der Waals surface area contributed by atoms with Crippen molar-refractivity contribution < 1.29 is 19.8 Å². The van der Waals surface area contributed by atoms with Gasteiger partial charge in [-0.1, -0.05) is 36.4 Å². The van der Waals surface area contributed by atoms with Crippen molar-refractivity contribution in [2.75, 3.05) is 0 Å². The van der Waals surface area contributed by atoms with Crippen molar-refractivity contribution in [3.05, 3.63) is 58.3 Å². The van der Waals surface area contributed by atoms with Gasteiger partial charge in [0.1, 0.15) is 10.5 Å². The average Bonchev–Trinajstić information content (AvgIpc) is 2.93. The number of carboxylic acids is 2. The van der Waals surface area contributed by atoms with Crippen molar-refractivity contribution in [1.82, 2.24) is 0 Å². The molecule has 6 heteroatoms. The lowest BCUT2D eigenvalue weighted by Crippen LogP contribution is -2.14. The molecule has 0 radical (unpaired) electrons. The summed E-state index contributed by atoms with van der Waals surface area (Å²) in [5.74, 6) is -2.07. The van der Waals surface area contributed by atoms with Gasteiger partial charge >= 0.3 is 11.9 Å². The zero-order valence-corrected chi connectivity index (χ0v) is 11.9. The molecule has 2 aromatic rings. The standard InChI is InChI=1S/C14H12O4S2/c15-13(16)11(9-5-2-1-3-6-9)20-12(14(17)18)10-7-4-8-19-10/h1-8,11-12H,(H,15,16)(H,17,18). The van der Waals surface area contributed by atoms with Gasteiger partial charge in [0, 0.05) is 4.88 Å². The average molecular weight is 308 g/mol. The van der Waals surface area contributed by atoms with Crippen LogP contribution in [0, 0.1) is 0 Å². The lowest BCUT2D eigenvalue weighted by Gasteiger charge is -2.17. The second kappa shape index (κ2) is 6.58. The summed E-state index contributed by atoms with van der Waals surface area (Å²) in [7, 11) is 0. The van der Waals surface area contributed by atoms with Gasteiger partial charge in [-0.2, -0.15) is 0 Å². The number of rotatable bonds is 6. The molecule has 0 fully saturated rings. The summed E-state index contributed by atoms with van der Waals surface area (Å²) < 4.78 is 0. The Kier molecular flexibility index (Phi) is 4.81. The van der Waals surface area contributed by atoms with Crippen molar-refractivity contribution >= 4 is 35.0 Å². The van der Waals surface area contributed by atoms with Crippen molar-refractivity contribution in [3.63, 3.8) is 0 Å². The molecule has 0 aliphatic heterocycles. The number of benzene rings is 1.